The monoisotopic (exact) mass is 405 g/mol. The van der Waals surface area contributed by atoms with Crippen LogP contribution in [0.1, 0.15) is 5.82 Å². The predicted octanol–water partition coefficient (Wildman–Crippen LogP) is 4.15. The molecule has 0 fully saturated rings. The van der Waals surface area contributed by atoms with Gasteiger partial charge in [-0.1, -0.05) is 0 Å². The van der Waals surface area contributed by atoms with Gasteiger partial charge in [0.15, 0.2) is 0 Å². The van der Waals surface area contributed by atoms with Crippen molar-refractivity contribution in [3.05, 3.63) is 49.0 Å². The van der Waals surface area contributed by atoms with Crippen LogP contribution >= 0.6 is 31.9 Å². The van der Waals surface area contributed by atoms with Crippen molar-refractivity contribution in [3.63, 3.8) is 0 Å². The van der Waals surface area contributed by atoms with E-state index in [2.05, 4.69) is 41.8 Å². The maximum atomic E-state index is 13.5. The molecule has 0 saturated carbocycles. The molecule has 0 spiro atoms. The second kappa shape index (κ2) is 5.80. The van der Waals surface area contributed by atoms with Crippen molar-refractivity contribution in [3.8, 4) is 11.6 Å². The van der Waals surface area contributed by atoms with Gasteiger partial charge in [0.2, 0.25) is 11.6 Å². The van der Waals surface area contributed by atoms with Gasteiger partial charge in [-0.25, -0.2) is 9.37 Å². The molecule has 0 radical (unpaired) electrons. The molecule has 2 aromatic rings. The Hall–Kier alpha value is -1.61. The molecule has 0 aliphatic rings. The highest BCUT2D eigenvalue weighted by atomic mass is 79.9. The smallest absolute Gasteiger partial charge is 0.312 e. The fraction of sp³-hybridized carbons (Fsp3) is 0.0909. The lowest BCUT2D eigenvalue weighted by atomic mass is 10.3. The topological polar surface area (TPSA) is 78.2 Å². The molecule has 0 bridgehead atoms. The number of nitrogens with zero attached hydrogens (tertiary/aromatic N) is 3. The molecule has 0 N–H and O–H groups in total. The van der Waals surface area contributed by atoms with Crippen molar-refractivity contribution in [2.45, 2.75) is 6.92 Å². The van der Waals surface area contributed by atoms with E-state index in [-0.39, 0.29) is 21.8 Å². The van der Waals surface area contributed by atoms with Crippen molar-refractivity contribution in [2.75, 3.05) is 0 Å². The molecule has 0 amide bonds. The largest absolute Gasteiger partial charge is 0.432 e. The second-order valence-electron chi connectivity index (χ2n) is 3.67. The molecule has 0 saturated heterocycles. The molecular formula is C11H6Br2FN3O3. The molecule has 0 aliphatic carbocycles. The van der Waals surface area contributed by atoms with E-state index in [9.17, 15) is 14.5 Å². The highest BCUT2D eigenvalue weighted by Crippen LogP contribution is 2.35. The summed E-state index contributed by atoms with van der Waals surface area (Å²) in [6.45, 7) is 1.63. The van der Waals surface area contributed by atoms with Gasteiger partial charge in [-0.3, -0.25) is 10.1 Å². The highest BCUT2D eigenvalue weighted by Gasteiger charge is 2.20. The van der Waals surface area contributed by atoms with Crippen LogP contribution < -0.4 is 4.74 Å². The van der Waals surface area contributed by atoms with Crippen molar-refractivity contribution < 1.29 is 14.1 Å². The van der Waals surface area contributed by atoms with Gasteiger partial charge in [-0.2, -0.15) is 4.98 Å². The van der Waals surface area contributed by atoms with Crippen LogP contribution in [0.3, 0.4) is 0 Å². The Morgan fingerprint density at radius 1 is 1.30 bits per heavy atom. The molecule has 9 heteroatoms. The quantitative estimate of drug-likeness (QED) is 0.434. The number of aryl methyl sites for hydroxylation is 1. The van der Waals surface area contributed by atoms with E-state index in [0.29, 0.717) is 10.4 Å². The Labute approximate surface area is 129 Å². The maximum absolute atomic E-state index is 13.5. The number of nitro benzene ring substituents is 1. The zero-order chi connectivity index (χ0) is 14.9. The molecule has 1 aromatic carbocycles. The first kappa shape index (κ1) is 14.8. The molecule has 104 valence electrons. The lowest BCUT2D eigenvalue weighted by Gasteiger charge is -2.07. The van der Waals surface area contributed by atoms with E-state index >= 15 is 0 Å². The summed E-state index contributed by atoms with van der Waals surface area (Å²) in [5.41, 5.74) is -0.370. The zero-order valence-corrected chi connectivity index (χ0v) is 13.1. The zero-order valence-electron chi connectivity index (χ0n) is 9.93. The van der Waals surface area contributed by atoms with Gasteiger partial charge in [-0.05, 0) is 38.8 Å². The number of benzene rings is 1. The van der Waals surface area contributed by atoms with Gasteiger partial charge in [0.25, 0.3) is 0 Å². The first-order chi connectivity index (χ1) is 9.36. The van der Waals surface area contributed by atoms with E-state index in [1.165, 1.54) is 6.07 Å². The SMILES string of the molecule is Cc1nc(Br)cc(Oc2cc(F)c(Br)cc2[N+](=O)[O-])n1. The van der Waals surface area contributed by atoms with Crippen LogP contribution in [0.4, 0.5) is 10.1 Å². The van der Waals surface area contributed by atoms with E-state index in [4.69, 9.17) is 4.74 Å². The van der Waals surface area contributed by atoms with Gasteiger partial charge >= 0.3 is 5.69 Å². The van der Waals surface area contributed by atoms with Crippen LogP contribution in [0.5, 0.6) is 11.6 Å². The van der Waals surface area contributed by atoms with E-state index in [1.54, 1.807) is 6.92 Å². The third kappa shape index (κ3) is 3.28. The van der Waals surface area contributed by atoms with Gasteiger partial charge in [0, 0.05) is 18.2 Å². The summed E-state index contributed by atoms with van der Waals surface area (Å²) in [7, 11) is 0. The Bertz CT molecular complexity index is 677. The fourth-order valence-electron chi connectivity index (χ4n) is 1.41. The average molecular weight is 407 g/mol. The van der Waals surface area contributed by atoms with Crippen LogP contribution in [-0.2, 0) is 0 Å². The number of hydrogen-bond acceptors (Lipinski definition) is 5. The van der Waals surface area contributed by atoms with Crippen molar-refractivity contribution in [1.82, 2.24) is 9.97 Å². The Morgan fingerprint density at radius 2 is 2.00 bits per heavy atom. The number of hydrogen-bond donors (Lipinski definition) is 0. The highest BCUT2D eigenvalue weighted by molar-refractivity contribution is 9.10. The normalized spacial score (nSPS) is 10.4. The Kier molecular flexibility index (Phi) is 4.29. The number of halogens is 3. The van der Waals surface area contributed by atoms with E-state index in [1.807, 2.05) is 0 Å². The van der Waals surface area contributed by atoms with Crippen LogP contribution in [0, 0.1) is 22.9 Å². The second-order valence-corrected chi connectivity index (χ2v) is 5.34. The number of nitro groups is 1. The molecule has 20 heavy (non-hydrogen) atoms. The molecule has 0 aliphatic heterocycles. The standard InChI is InChI=1S/C11H6Br2FN3O3/c1-5-15-10(13)4-11(16-5)20-9-3-7(14)6(12)2-8(9)17(18)19/h2-4H,1H3. The maximum Gasteiger partial charge on any atom is 0.312 e. The van der Waals surface area contributed by atoms with Gasteiger partial charge in [-0.15, -0.1) is 0 Å². The van der Waals surface area contributed by atoms with Crippen LogP contribution in [0.15, 0.2) is 27.3 Å². The van der Waals surface area contributed by atoms with Gasteiger partial charge in [0.1, 0.15) is 16.2 Å². The molecule has 6 nitrogen and oxygen atoms in total. The molecule has 1 aromatic heterocycles. The van der Waals surface area contributed by atoms with Gasteiger partial charge in [0.05, 0.1) is 9.40 Å². The minimum atomic E-state index is -0.671. The van der Waals surface area contributed by atoms with Crippen LogP contribution in [0.2, 0.25) is 0 Å². The van der Waals surface area contributed by atoms with Gasteiger partial charge < -0.3 is 4.74 Å². The first-order valence-electron chi connectivity index (χ1n) is 5.19. The lowest BCUT2D eigenvalue weighted by molar-refractivity contribution is -0.385. The summed E-state index contributed by atoms with van der Waals surface area (Å²) in [4.78, 5) is 18.2. The lowest BCUT2D eigenvalue weighted by Crippen LogP contribution is -1.98. The van der Waals surface area contributed by atoms with E-state index < -0.39 is 10.7 Å². The van der Waals surface area contributed by atoms with Crippen LogP contribution in [0.25, 0.3) is 0 Å². The molecule has 2 rings (SSSR count). The number of aromatic nitrogens is 2. The van der Waals surface area contributed by atoms with Crippen molar-refractivity contribution >= 4 is 37.5 Å². The minimum Gasteiger partial charge on any atom is -0.432 e. The Balaban J connectivity index is 2.47. The first-order valence-corrected chi connectivity index (χ1v) is 6.78. The summed E-state index contributed by atoms with van der Waals surface area (Å²) in [5, 5.41) is 10.9. The third-order valence-corrected chi connectivity index (χ3v) is 3.21. The Morgan fingerprint density at radius 3 is 2.60 bits per heavy atom. The summed E-state index contributed by atoms with van der Waals surface area (Å²) < 4.78 is 19.2. The molecule has 0 unspecified atom stereocenters. The summed E-state index contributed by atoms with van der Waals surface area (Å²) in [6.07, 6.45) is 0. The molecule has 0 atom stereocenters. The van der Waals surface area contributed by atoms with E-state index in [0.717, 1.165) is 12.1 Å². The molecular weight excluding hydrogens is 401 g/mol. The third-order valence-electron chi connectivity index (χ3n) is 2.20. The fourth-order valence-corrected chi connectivity index (χ4v) is 2.20. The minimum absolute atomic E-state index is 0.0170. The number of ether oxygens (including phenoxy) is 1. The molecule has 1 heterocycles. The summed E-state index contributed by atoms with van der Waals surface area (Å²) >= 11 is 6.04. The summed E-state index contributed by atoms with van der Waals surface area (Å²) in [5.74, 6) is -0.417. The van der Waals surface area contributed by atoms with Crippen LogP contribution in [-0.4, -0.2) is 14.9 Å². The number of rotatable bonds is 3. The van der Waals surface area contributed by atoms with Crippen molar-refractivity contribution in [2.24, 2.45) is 0 Å². The average Bonchev–Trinajstić information content (AvgIpc) is 2.31. The summed E-state index contributed by atoms with van der Waals surface area (Å²) in [6, 6.07) is 3.39. The van der Waals surface area contributed by atoms with Crippen molar-refractivity contribution in [1.29, 1.82) is 0 Å². The predicted molar refractivity (Wildman–Crippen MR) is 75.3 cm³/mol.